The zero-order valence-corrected chi connectivity index (χ0v) is 15.5. The van der Waals surface area contributed by atoms with Crippen LogP contribution in [0.3, 0.4) is 0 Å². The maximum Gasteiger partial charge on any atom is 0.242 e. The fraction of sp³-hybridized carbons (Fsp3) is 0.176. The van der Waals surface area contributed by atoms with Crippen molar-refractivity contribution in [3.63, 3.8) is 0 Å². The van der Waals surface area contributed by atoms with Gasteiger partial charge in [-0.25, -0.2) is 13.1 Å². The van der Waals surface area contributed by atoms with Crippen LogP contribution in [-0.2, 0) is 16.6 Å². The number of ether oxygens (including phenoxy) is 2. The van der Waals surface area contributed by atoms with Crippen molar-refractivity contribution < 1.29 is 22.4 Å². The molecule has 2 heterocycles. The Hall–Kier alpha value is -2.62. The van der Waals surface area contributed by atoms with Crippen molar-refractivity contribution in [2.45, 2.75) is 11.4 Å². The molecule has 0 bridgehead atoms. The third-order valence-electron chi connectivity index (χ3n) is 3.82. The van der Waals surface area contributed by atoms with Crippen molar-refractivity contribution in [1.29, 1.82) is 0 Å². The number of hydrogen-bond donors (Lipinski definition) is 1. The summed E-state index contributed by atoms with van der Waals surface area (Å²) in [5.74, 6) is 1.31. The summed E-state index contributed by atoms with van der Waals surface area (Å²) >= 11 is 6.10. The lowest BCUT2D eigenvalue weighted by Gasteiger charge is -2.18. The summed E-state index contributed by atoms with van der Waals surface area (Å²) in [5, 5.41) is 4.31. The monoisotopic (exact) mass is 407 g/mol. The van der Waals surface area contributed by atoms with Gasteiger partial charge in [0.1, 0.15) is 13.2 Å². The van der Waals surface area contributed by atoms with E-state index in [1.54, 1.807) is 30.3 Å². The van der Waals surface area contributed by atoms with E-state index in [9.17, 15) is 8.42 Å². The fourth-order valence-corrected chi connectivity index (χ4v) is 3.72. The van der Waals surface area contributed by atoms with Gasteiger partial charge in [-0.05, 0) is 24.3 Å². The van der Waals surface area contributed by atoms with Gasteiger partial charge in [-0.3, -0.25) is 0 Å². The van der Waals surface area contributed by atoms with Crippen molar-refractivity contribution in [2.75, 3.05) is 13.2 Å². The minimum absolute atomic E-state index is 0.0533. The maximum absolute atomic E-state index is 12.5. The second-order valence-electron chi connectivity index (χ2n) is 5.62. The molecule has 10 heteroatoms. The normalized spacial score (nSPS) is 13.5. The standard InChI is InChI=1S/C17H14ClN3O5S/c18-13-4-2-1-3-12(13)17-20-16(26-21-17)10-19-27(22,23)11-5-6-14-15(9-11)25-8-7-24-14/h1-6,9,19H,7-8,10H2. The third-order valence-corrected chi connectivity index (χ3v) is 5.55. The lowest BCUT2D eigenvalue weighted by molar-refractivity contribution is 0.171. The van der Waals surface area contributed by atoms with E-state index in [-0.39, 0.29) is 23.2 Å². The molecule has 1 aliphatic heterocycles. The average molecular weight is 408 g/mol. The molecule has 1 aromatic heterocycles. The molecule has 0 saturated carbocycles. The molecule has 0 radical (unpaired) electrons. The predicted molar refractivity (Wildman–Crippen MR) is 96.2 cm³/mol. The van der Waals surface area contributed by atoms with E-state index in [1.807, 2.05) is 0 Å². The second kappa shape index (κ2) is 7.18. The Kier molecular flexibility index (Phi) is 4.73. The topological polar surface area (TPSA) is 104 Å². The number of rotatable bonds is 5. The number of hydrogen-bond acceptors (Lipinski definition) is 7. The van der Waals surface area contributed by atoms with E-state index in [1.165, 1.54) is 12.1 Å². The Morgan fingerprint density at radius 1 is 1.07 bits per heavy atom. The SMILES string of the molecule is O=S(=O)(NCc1nc(-c2ccccc2Cl)no1)c1ccc2c(c1)OCCO2. The first-order valence-electron chi connectivity index (χ1n) is 8.00. The smallest absolute Gasteiger partial charge is 0.242 e. The largest absolute Gasteiger partial charge is 0.486 e. The first-order chi connectivity index (χ1) is 13.0. The van der Waals surface area contributed by atoms with E-state index in [0.29, 0.717) is 35.3 Å². The zero-order chi connectivity index (χ0) is 18.9. The van der Waals surface area contributed by atoms with Gasteiger partial charge in [0.2, 0.25) is 21.7 Å². The molecule has 1 aliphatic rings. The summed E-state index contributed by atoms with van der Waals surface area (Å²) in [6.07, 6.45) is 0. The highest BCUT2D eigenvalue weighted by Gasteiger charge is 2.20. The molecule has 0 spiro atoms. The Morgan fingerprint density at radius 3 is 2.67 bits per heavy atom. The number of benzene rings is 2. The molecule has 27 heavy (non-hydrogen) atoms. The quantitative estimate of drug-likeness (QED) is 0.693. The second-order valence-corrected chi connectivity index (χ2v) is 7.80. The van der Waals surface area contributed by atoms with Crippen LogP contribution in [0.15, 0.2) is 51.9 Å². The van der Waals surface area contributed by atoms with E-state index >= 15 is 0 Å². The van der Waals surface area contributed by atoms with Gasteiger partial charge >= 0.3 is 0 Å². The average Bonchev–Trinajstić information content (AvgIpc) is 3.15. The highest BCUT2D eigenvalue weighted by molar-refractivity contribution is 7.89. The van der Waals surface area contributed by atoms with Crippen molar-refractivity contribution in [3.05, 3.63) is 53.4 Å². The zero-order valence-electron chi connectivity index (χ0n) is 13.9. The molecule has 0 amide bonds. The van der Waals surface area contributed by atoms with Crippen LogP contribution < -0.4 is 14.2 Å². The van der Waals surface area contributed by atoms with Crippen LogP contribution >= 0.6 is 11.6 Å². The maximum atomic E-state index is 12.5. The number of sulfonamides is 1. The summed E-state index contributed by atoms with van der Waals surface area (Å²) in [6, 6.07) is 11.5. The molecule has 2 aromatic carbocycles. The molecular weight excluding hydrogens is 394 g/mol. The molecule has 0 unspecified atom stereocenters. The van der Waals surface area contributed by atoms with Crippen molar-refractivity contribution in [3.8, 4) is 22.9 Å². The molecule has 140 valence electrons. The first-order valence-corrected chi connectivity index (χ1v) is 9.86. The van der Waals surface area contributed by atoms with Crippen molar-refractivity contribution >= 4 is 21.6 Å². The minimum Gasteiger partial charge on any atom is -0.486 e. The van der Waals surface area contributed by atoms with Gasteiger partial charge in [0, 0.05) is 11.6 Å². The van der Waals surface area contributed by atoms with Crippen LogP contribution in [0.1, 0.15) is 5.89 Å². The predicted octanol–water partition coefficient (Wildman–Crippen LogP) is 2.64. The van der Waals surface area contributed by atoms with Crippen LogP contribution in [0.2, 0.25) is 5.02 Å². The van der Waals surface area contributed by atoms with Crippen LogP contribution in [0, 0.1) is 0 Å². The Labute approximate surface area is 160 Å². The van der Waals surface area contributed by atoms with E-state index in [4.69, 9.17) is 25.6 Å². The molecule has 0 saturated heterocycles. The van der Waals surface area contributed by atoms with Crippen molar-refractivity contribution in [2.24, 2.45) is 0 Å². The Balaban J connectivity index is 1.49. The summed E-state index contributed by atoms with van der Waals surface area (Å²) in [4.78, 5) is 4.23. The highest BCUT2D eigenvalue weighted by atomic mass is 35.5. The molecule has 0 aliphatic carbocycles. The van der Waals surface area contributed by atoms with Gasteiger partial charge in [0.25, 0.3) is 0 Å². The molecule has 1 N–H and O–H groups in total. The number of halogens is 1. The Bertz CT molecular complexity index is 1080. The minimum atomic E-state index is -3.79. The van der Waals surface area contributed by atoms with E-state index in [0.717, 1.165) is 0 Å². The molecule has 8 nitrogen and oxygen atoms in total. The molecule has 3 aromatic rings. The van der Waals surface area contributed by atoms with Gasteiger partial charge in [-0.15, -0.1) is 0 Å². The number of fused-ring (bicyclic) bond motifs is 1. The molecular formula is C17H14ClN3O5S. The van der Waals surface area contributed by atoms with Gasteiger partial charge in [0.05, 0.1) is 16.5 Å². The summed E-state index contributed by atoms with van der Waals surface area (Å²) < 4.78 is 43.3. The van der Waals surface area contributed by atoms with Crippen LogP contribution in [-0.4, -0.2) is 31.8 Å². The van der Waals surface area contributed by atoms with Crippen LogP contribution in [0.25, 0.3) is 11.4 Å². The summed E-state index contributed by atoms with van der Waals surface area (Å²) in [7, 11) is -3.79. The highest BCUT2D eigenvalue weighted by Crippen LogP contribution is 2.32. The first kappa shape index (κ1) is 17.8. The molecule has 0 atom stereocenters. The number of nitrogens with zero attached hydrogens (tertiary/aromatic N) is 2. The van der Waals surface area contributed by atoms with Gasteiger partial charge in [0.15, 0.2) is 11.5 Å². The van der Waals surface area contributed by atoms with Gasteiger partial charge < -0.3 is 14.0 Å². The Morgan fingerprint density at radius 2 is 1.85 bits per heavy atom. The van der Waals surface area contributed by atoms with Gasteiger partial charge in [-0.1, -0.05) is 28.9 Å². The molecule has 4 rings (SSSR count). The van der Waals surface area contributed by atoms with Crippen LogP contribution in [0.5, 0.6) is 11.5 Å². The molecule has 0 fully saturated rings. The van der Waals surface area contributed by atoms with E-state index < -0.39 is 10.0 Å². The summed E-state index contributed by atoms with van der Waals surface area (Å²) in [6.45, 7) is 0.646. The lowest BCUT2D eigenvalue weighted by atomic mass is 10.2. The summed E-state index contributed by atoms with van der Waals surface area (Å²) in [5.41, 5.74) is 0.601. The number of aromatic nitrogens is 2. The third kappa shape index (κ3) is 3.75. The lowest BCUT2D eigenvalue weighted by Crippen LogP contribution is -2.24. The van der Waals surface area contributed by atoms with Crippen LogP contribution in [0.4, 0.5) is 0 Å². The van der Waals surface area contributed by atoms with E-state index in [2.05, 4.69) is 14.9 Å². The van der Waals surface area contributed by atoms with Gasteiger partial charge in [-0.2, -0.15) is 4.98 Å². The van der Waals surface area contributed by atoms with Crippen molar-refractivity contribution in [1.82, 2.24) is 14.9 Å². The fourth-order valence-electron chi connectivity index (χ4n) is 2.51. The number of nitrogens with one attached hydrogen (secondary N) is 1.